The lowest BCUT2D eigenvalue weighted by Gasteiger charge is -2.29. The van der Waals surface area contributed by atoms with E-state index in [0.717, 1.165) is 11.1 Å². The lowest BCUT2D eigenvalue weighted by molar-refractivity contribution is -0.113. The summed E-state index contributed by atoms with van der Waals surface area (Å²) < 4.78 is 12.6. The van der Waals surface area contributed by atoms with Crippen molar-refractivity contribution in [1.29, 1.82) is 0 Å². The molecular formula is C25H23N5O3. The lowest BCUT2D eigenvalue weighted by Crippen LogP contribution is -2.31. The lowest BCUT2D eigenvalue weighted by atomic mass is 9.94. The van der Waals surface area contributed by atoms with Crippen LogP contribution in [0.5, 0.6) is 5.75 Å². The van der Waals surface area contributed by atoms with Crippen LogP contribution in [0.4, 0.5) is 11.6 Å². The molecule has 0 fully saturated rings. The molecule has 1 aliphatic rings. The predicted molar refractivity (Wildman–Crippen MR) is 125 cm³/mol. The number of rotatable bonds is 5. The van der Waals surface area contributed by atoms with Gasteiger partial charge >= 0.3 is 0 Å². The zero-order valence-electron chi connectivity index (χ0n) is 18.5. The molecule has 8 heteroatoms. The molecule has 4 aromatic rings. The maximum Gasteiger partial charge on any atom is 0.255 e. The third-order valence-corrected chi connectivity index (χ3v) is 5.59. The van der Waals surface area contributed by atoms with Gasteiger partial charge in [-0.15, -0.1) is 5.10 Å². The monoisotopic (exact) mass is 441 g/mol. The quantitative estimate of drug-likeness (QED) is 0.463. The highest BCUT2D eigenvalue weighted by molar-refractivity contribution is 6.06. The smallest absolute Gasteiger partial charge is 0.255 e. The third kappa shape index (κ3) is 3.76. The summed E-state index contributed by atoms with van der Waals surface area (Å²) in [6, 6.07) is 18.5. The van der Waals surface area contributed by atoms with Crippen molar-refractivity contribution in [3.63, 3.8) is 0 Å². The summed E-state index contributed by atoms with van der Waals surface area (Å²) in [4.78, 5) is 18.2. The molecule has 5 rings (SSSR count). The number of amides is 1. The van der Waals surface area contributed by atoms with E-state index in [1.807, 2.05) is 50.2 Å². The van der Waals surface area contributed by atoms with Gasteiger partial charge in [0.15, 0.2) is 5.76 Å². The molecule has 2 aromatic heterocycles. The fraction of sp³-hybridized carbons (Fsp3) is 0.160. The summed E-state index contributed by atoms with van der Waals surface area (Å²) in [5.74, 6) is 1.87. The van der Waals surface area contributed by atoms with Gasteiger partial charge < -0.3 is 19.8 Å². The molecule has 33 heavy (non-hydrogen) atoms. The molecule has 0 aliphatic carbocycles. The first-order valence-electron chi connectivity index (χ1n) is 10.5. The van der Waals surface area contributed by atoms with Crippen LogP contribution >= 0.6 is 0 Å². The van der Waals surface area contributed by atoms with Crippen LogP contribution in [0.15, 0.2) is 82.6 Å². The van der Waals surface area contributed by atoms with E-state index in [0.29, 0.717) is 40.2 Å². The number of anilines is 2. The Morgan fingerprint density at radius 2 is 1.88 bits per heavy atom. The maximum absolute atomic E-state index is 13.6. The minimum atomic E-state index is -0.479. The average Bonchev–Trinajstić information content (AvgIpc) is 3.49. The van der Waals surface area contributed by atoms with Crippen LogP contribution in [0.1, 0.15) is 24.1 Å². The number of furan rings is 1. The Morgan fingerprint density at radius 1 is 1.09 bits per heavy atom. The van der Waals surface area contributed by atoms with Gasteiger partial charge in [0.05, 0.1) is 24.6 Å². The number of fused-ring (bicyclic) bond motifs is 1. The van der Waals surface area contributed by atoms with Crippen LogP contribution in [-0.4, -0.2) is 27.8 Å². The number of aryl methyl sites for hydroxylation is 1. The van der Waals surface area contributed by atoms with Gasteiger partial charge in [-0.2, -0.15) is 4.98 Å². The molecule has 1 amide bonds. The minimum Gasteiger partial charge on any atom is -0.495 e. The zero-order valence-corrected chi connectivity index (χ0v) is 18.5. The molecule has 1 aliphatic heterocycles. The number of allylic oxidation sites excluding steroid dienone is 1. The Morgan fingerprint density at radius 3 is 2.61 bits per heavy atom. The normalized spacial score (nSPS) is 15.1. The van der Waals surface area contributed by atoms with Gasteiger partial charge in [-0.25, -0.2) is 4.68 Å². The number of benzene rings is 2. The molecule has 2 N–H and O–H groups in total. The van der Waals surface area contributed by atoms with Gasteiger partial charge in [0.1, 0.15) is 11.8 Å². The Labute approximate surface area is 190 Å². The van der Waals surface area contributed by atoms with Gasteiger partial charge in [0, 0.05) is 5.70 Å². The third-order valence-electron chi connectivity index (χ3n) is 5.59. The van der Waals surface area contributed by atoms with Crippen molar-refractivity contribution in [2.24, 2.45) is 0 Å². The summed E-state index contributed by atoms with van der Waals surface area (Å²) in [6.07, 6.45) is 1.58. The molecule has 3 heterocycles. The second kappa shape index (κ2) is 8.31. The molecule has 166 valence electrons. The predicted octanol–water partition coefficient (Wildman–Crippen LogP) is 4.78. The summed E-state index contributed by atoms with van der Waals surface area (Å²) in [6.45, 7) is 3.89. The topological polar surface area (TPSA) is 94.2 Å². The fourth-order valence-corrected chi connectivity index (χ4v) is 3.95. The van der Waals surface area contributed by atoms with Gasteiger partial charge in [-0.3, -0.25) is 4.79 Å². The number of ether oxygens (including phenoxy) is 1. The number of nitrogens with one attached hydrogen (secondary N) is 2. The number of hydrogen-bond donors (Lipinski definition) is 2. The van der Waals surface area contributed by atoms with Gasteiger partial charge in [0.2, 0.25) is 11.8 Å². The van der Waals surface area contributed by atoms with Crippen molar-refractivity contribution in [2.45, 2.75) is 19.9 Å². The van der Waals surface area contributed by atoms with E-state index in [-0.39, 0.29) is 5.91 Å². The number of hydrogen-bond acceptors (Lipinski definition) is 6. The van der Waals surface area contributed by atoms with Gasteiger partial charge in [-0.1, -0.05) is 42.0 Å². The van der Waals surface area contributed by atoms with Crippen molar-refractivity contribution >= 4 is 17.5 Å². The molecule has 0 radical (unpaired) electrons. The highest BCUT2D eigenvalue weighted by Crippen LogP contribution is 2.37. The number of carbonyl (C=O) groups excluding carboxylic acids is 1. The van der Waals surface area contributed by atoms with Crippen molar-refractivity contribution in [3.05, 3.63) is 89.3 Å². The highest BCUT2D eigenvalue weighted by atomic mass is 16.5. The fourth-order valence-electron chi connectivity index (χ4n) is 3.95. The summed E-state index contributed by atoms with van der Waals surface area (Å²) >= 11 is 0. The average molecular weight is 441 g/mol. The van der Waals surface area contributed by atoms with Crippen molar-refractivity contribution in [3.8, 4) is 17.3 Å². The van der Waals surface area contributed by atoms with Gasteiger partial charge in [0.25, 0.3) is 5.91 Å². The number of carbonyl (C=O) groups is 1. The molecule has 8 nitrogen and oxygen atoms in total. The Kier molecular flexibility index (Phi) is 5.18. The number of aromatic nitrogens is 3. The first kappa shape index (κ1) is 20.6. The molecule has 0 saturated carbocycles. The molecule has 0 spiro atoms. The van der Waals surface area contributed by atoms with Gasteiger partial charge in [-0.05, 0) is 43.7 Å². The first-order chi connectivity index (χ1) is 16.0. The van der Waals surface area contributed by atoms with Crippen molar-refractivity contribution in [1.82, 2.24) is 14.8 Å². The van der Waals surface area contributed by atoms with E-state index in [2.05, 4.69) is 15.6 Å². The van der Waals surface area contributed by atoms with E-state index in [1.54, 1.807) is 42.3 Å². The summed E-state index contributed by atoms with van der Waals surface area (Å²) in [5.41, 5.74) is 3.87. The number of methoxy groups -OCH3 is 1. The van der Waals surface area contributed by atoms with E-state index in [4.69, 9.17) is 14.3 Å². The van der Waals surface area contributed by atoms with Crippen LogP contribution in [0.2, 0.25) is 0 Å². The Bertz CT molecular complexity index is 1340. The zero-order chi connectivity index (χ0) is 22.9. The van der Waals surface area contributed by atoms with Crippen molar-refractivity contribution < 1.29 is 13.9 Å². The Balaban J connectivity index is 1.60. The maximum atomic E-state index is 13.6. The van der Waals surface area contributed by atoms with Crippen LogP contribution in [0, 0.1) is 6.92 Å². The number of para-hydroxylation sites is 2. The molecule has 2 aromatic carbocycles. The molecule has 0 bridgehead atoms. The minimum absolute atomic E-state index is 0.254. The van der Waals surface area contributed by atoms with Crippen LogP contribution in [0.3, 0.4) is 0 Å². The second-order valence-corrected chi connectivity index (χ2v) is 7.81. The molecule has 1 unspecified atom stereocenters. The number of nitrogens with zero attached hydrogens (tertiary/aromatic N) is 3. The van der Waals surface area contributed by atoms with E-state index >= 15 is 0 Å². The van der Waals surface area contributed by atoms with E-state index in [9.17, 15) is 4.79 Å². The first-order valence-corrected chi connectivity index (χ1v) is 10.5. The van der Waals surface area contributed by atoms with Crippen LogP contribution in [-0.2, 0) is 4.79 Å². The van der Waals surface area contributed by atoms with Crippen LogP contribution in [0.25, 0.3) is 11.6 Å². The summed E-state index contributed by atoms with van der Waals surface area (Å²) in [7, 11) is 1.57. The summed E-state index contributed by atoms with van der Waals surface area (Å²) in [5, 5.41) is 10.9. The highest BCUT2D eigenvalue weighted by Gasteiger charge is 2.35. The van der Waals surface area contributed by atoms with Crippen molar-refractivity contribution in [2.75, 3.05) is 17.7 Å². The Hall–Kier alpha value is -4.33. The molecule has 1 atom stereocenters. The SMILES string of the molecule is COc1ccccc1NC(=O)C1=C(C)Nc2nc(-c3ccco3)nn2C1c1ccc(C)cc1. The second-order valence-electron chi connectivity index (χ2n) is 7.81. The van der Waals surface area contributed by atoms with E-state index < -0.39 is 6.04 Å². The van der Waals surface area contributed by atoms with E-state index in [1.165, 1.54) is 0 Å². The van der Waals surface area contributed by atoms with Crippen LogP contribution < -0.4 is 15.4 Å². The standard InChI is InChI=1S/C25H23N5O3/c1-15-10-12-17(13-11-15)22-21(24(31)27-18-7-4-5-8-19(18)32-3)16(2)26-25-28-23(29-30(22)25)20-9-6-14-33-20/h4-14,22H,1-3H3,(H,27,31)(H,26,28,29). The largest absolute Gasteiger partial charge is 0.495 e. The molecular weight excluding hydrogens is 418 g/mol. The molecule has 0 saturated heterocycles.